The summed E-state index contributed by atoms with van der Waals surface area (Å²) in [5, 5.41) is 0.784. The first kappa shape index (κ1) is 12.2. The SMILES string of the molecule is FCc1cc(Oc2nccc3occc23)ccc1Br. The summed E-state index contributed by atoms with van der Waals surface area (Å²) in [4.78, 5) is 4.16. The number of alkyl halides is 1. The maximum absolute atomic E-state index is 12.8. The quantitative estimate of drug-likeness (QED) is 0.691. The predicted octanol–water partition coefficient (Wildman–Crippen LogP) is 4.85. The molecule has 96 valence electrons. The van der Waals surface area contributed by atoms with Gasteiger partial charge in [0.2, 0.25) is 5.88 Å². The van der Waals surface area contributed by atoms with Crippen LogP contribution in [0.4, 0.5) is 4.39 Å². The minimum Gasteiger partial charge on any atom is -0.464 e. The van der Waals surface area contributed by atoms with E-state index in [0.29, 0.717) is 22.8 Å². The van der Waals surface area contributed by atoms with Crippen molar-refractivity contribution in [2.75, 3.05) is 0 Å². The van der Waals surface area contributed by atoms with Gasteiger partial charge in [0.1, 0.15) is 18.0 Å². The van der Waals surface area contributed by atoms with E-state index in [2.05, 4.69) is 20.9 Å². The van der Waals surface area contributed by atoms with Crippen LogP contribution in [0.2, 0.25) is 0 Å². The Kier molecular flexibility index (Phi) is 3.21. The molecule has 0 radical (unpaired) electrons. The Morgan fingerprint density at radius 3 is 3.00 bits per heavy atom. The van der Waals surface area contributed by atoms with Crippen molar-refractivity contribution in [2.24, 2.45) is 0 Å². The zero-order valence-corrected chi connectivity index (χ0v) is 11.4. The van der Waals surface area contributed by atoms with Crippen LogP contribution >= 0.6 is 15.9 Å². The Morgan fingerprint density at radius 1 is 1.26 bits per heavy atom. The molecule has 0 bridgehead atoms. The fourth-order valence-electron chi connectivity index (χ4n) is 1.78. The molecule has 3 aromatic rings. The molecule has 0 saturated carbocycles. The first-order chi connectivity index (χ1) is 9.28. The number of hydrogen-bond donors (Lipinski definition) is 0. The second-order valence-electron chi connectivity index (χ2n) is 3.94. The Morgan fingerprint density at radius 2 is 2.16 bits per heavy atom. The molecule has 3 nitrogen and oxygen atoms in total. The Balaban J connectivity index is 1.99. The van der Waals surface area contributed by atoms with Gasteiger partial charge in [0, 0.05) is 16.2 Å². The fraction of sp³-hybridized carbons (Fsp3) is 0.0714. The van der Waals surface area contributed by atoms with Crippen molar-refractivity contribution in [3.63, 3.8) is 0 Å². The van der Waals surface area contributed by atoms with Gasteiger partial charge in [-0.2, -0.15) is 0 Å². The molecule has 3 rings (SSSR count). The van der Waals surface area contributed by atoms with Crippen LogP contribution in [-0.4, -0.2) is 4.98 Å². The molecule has 1 aromatic carbocycles. The van der Waals surface area contributed by atoms with E-state index >= 15 is 0 Å². The van der Waals surface area contributed by atoms with Crippen LogP contribution < -0.4 is 4.74 Å². The summed E-state index contributed by atoms with van der Waals surface area (Å²) in [6.45, 7) is -0.554. The molecule has 0 atom stereocenters. The van der Waals surface area contributed by atoms with E-state index in [-0.39, 0.29) is 0 Å². The number of halogens is 2. The number of hydrogen-bond acceptors (Lipinski definition) is 3. The van der Waals surface area contributed by atoms with Gasteiger partial charge < -0.3 is 9.15 Å². The van der Waals surface area contributed by atoms with Gasteiger partial charge in [-0.15, -0.1) is 0 Å². The average molecular weight is 322 g/mol. The van der Waals surface area contributed by atoms with Crippen molar-refractivity contribution < 1.29 is 13.5 Å². The number of benzene rings is 1. The highest BCUT2D eigenvalue weighted by molar-refractivity contribution is 9.10. The molecule has 0 saturated heterocycles. The smallest absolute Gasteiger partial charge is 0.230 e. The predicted molar refractivity (Wildman–Crippen MR) is 73.0 cm³/mol. The van der Waals surface area contributed by atoms with Crippen LogP contribution in [0.5, 0.6) is 11.6 Å². The van der Waals surface area contributed by atoms with Crippen molar-refractivity contribution in [1.29, 1.82) is 0 Å². The third kappa shape index (κ3) is 2.33. The monoisotopic (exact) mass is 321 g/mol. The minimum absolute atomic E-state index is 0.443. The molecule has 0 spiro atoms. The van der Waals surface area contributed by atoms with Crippen molar-refractivity contribution in [2.45, 2.75) is 6.67 Å². The second-order valence-corrected chi connectivity index (χ2v) is 4.79. The van der Waals surface area contributed by atoms with E-state index in [1.807, 2.05) is 0 Å². The number of pyridine rings is 1. The molecule has 2 aromatic heterocycles. The molecule has 0 fully saturated rings. The molecule has 2 heterocycles. The van der Waals surface area contributed by atoms with Gasteiger partial charge in [-0.3, -0.25) is 0 Å². The lowest BCUT2D eigenvalue weighted by atomic mass is 10.2. The summed E-state index contributed by atoms with van der Waals surface area (Å²) in [5.41, 5.74) is 1.24. The Labute approximate surface area is 117 Å². The Bertz CT molecular complexity index is 726. The van der Waals surface area contributed by atoms with Gasteiger partial charge in [0.05, 0.1) is 11.6 Å². The van der Waals surface area contributed by atoms with Gasteiger partial charge in [-0.25, -0.2) is 9.37 Å². The third-order valence-corrected chi connectivity index (χ3v) is 3.49. The molecule has 0 aliphatic heterocycles. The lowest BCUT2D eigenvalue weighted by Gasteiger charge is -2.07. The van der Waals surface area contributed by atoms with Gasteiger partial charge in [-0.1, -0.05) is 15.9 Å². The standard InChI is InChI=1S/C14H9BrFNO2/c15-12-2-1-10(7-9(12)8-16)19-14-11-4-6-18-13(11)3-5-17-14/h1-7H,8H2. The van der Waals surface area contributed by atoms with E-state index in [0.717, 1.165) is 9.86 Å². The van der Waals surface area contributed by atoms with Crippen LogP contribution in [0, 0.1) is 0 Å². The van der Waals surface area contributed by atoms with Gasteiger partial charge in [-0.05, 0) is 30.3 Å². The van der Waals surface area contributed by atoms with Crippen molar-refractivity contribution in [3.8, 4) is 11.6 Å². The van der Waals surface area contributed by atoms with Crippen LogP contribution in [0.25, 0.3) is 11.0 Å². The summed E-state index contributed by atoms with van der Waals surface area (Å²) >= 11 is 3.28. The van der Waals surface area contributed by atoms with Crippen molar-refractivity contribution >= 4 is 26.9 Å². The molecule has 0 N–H and O–H groups in total. The average Bonchev–Trinajstić information content (AvgIpc) is 2.90. The molecule has 0 aliphatic carbocycles. The van der Waals surface area contributed by atoms with Crippen LogP contribution in [0.3, 0.4) is 0 Å². The molecule has 5 heteroatoms. The van der Waals surface area contributed by atoms with E-state index in [9.17, 15) is 4.39 Å². The van der Waals surface area contributed by atoms with Gasteiger partial charge in [0.25, 0.3) is 0 Å². The number of ether oxygens (including phenoxy) is 1. The van der Waals surface area contributed by atoms with Crippen LogP contribution in [0.15, 0.2) is 51.7 Å². The normalized spacial score (nSPS) is 10.8. The highest BCUT2D eigenvalue weighted by Gasteiger charge is 2.08. The topological polar surface area (TPSA) is 35.3 Å². The maximum Gasteiger partial charge on any atom is 0.230 e. The van der Waals surface area contributed by atoms with Crippen LogP contribution in [0.1, 0.15) is 5.56 Å². The third-order valence-electron chi connectivity index (χ3n) is 2.72. The lowest BCUT2D eigenvalue weighted by molar-refractivity contribution is 0.459. The Hall–Kier alpha value is -1.88. The minimum atomic E-state index is -0.554. The zero-order valence-electron chi connectivity index (χ0n) is 9.77. The van der Waals surface area contributed by atoms with Gasteiger partial charge >= 0.3 is 0 Å². The molecule has 0 amide bonds. The van der Waals surface area contributed by atoms with E-state index < -0.39 is 6.67 Å². The summed E-state index contributed by atoms with van der Waals surface area (Å²) in [6.07, 6.45) is 3.18. The molecule has 0 aliphatic rings. The number of aromatic nitrogens is 1. The summed E-state index contributed by atoms with van der Waals surface area (Å²) in [6, 6.07) is 8.69. The van der Waals surface area contributed by atoms with E-state index in [1.165, 1.54) is 0 Å². The second kappa shape index (κ2) is 5.01. The van der Waals surface area contributed by atoms with Crippen LogP contribution in [-0.2, 0) is 6.67 Å². The highest BCUT2D eigenvalue weighted by atomic mass is 79.9. The number of fused-ring (bicyclic) bond motifs is 1. The number of nitrogens with zero attached hydrogens (tertiary/aromatic N) is 1. The molecular weight excluding hydrogens is 313 g/mol. The fourth-order valence-corrected chi connectivity index (χ4v) is 2.13. The molecular formula is C14H9BrFNO2. The van der Waals surface area contributed by atoms with E-state index in [1.54, 1.807) is 42.8 Å². The van der Waals surface area contributed by atoms with Crippen molar-refractivity contribution in [1.82, 2.24) is 4.98 Å². The summed E-state index contributed by atoms with van der Waals surface area (Å²) < 4.78 is 24.5. The number of furan rings is 1. The molecule has 19 heavy (non-hydrogen) atoms. The van der Waals surface area contributed by atoms with Gasteiger partial charge in [0.15, 0.2) is 0 Å². The summed E-state index contributed by atoms with van der Waals surface area (Å²) in [5.74, 6) is 0.982. The first-order valence-corrected chi connectivity index (χ1v) is 6.41. The largest absolute Gasteiger partial charge is 0.464 e. The number of rotatable bonds is 3. The summed E-state index contributed by atoms with van der Waals surface area (Å²) in [7, 11) is 0. The van der Waals surface area contributed by atoms with E-state index in [4.69, 9.17) is 9.15 Å². The lowest BCUT2D eigenvalue weighted by Crippen LogP contribution is -1.90. The molecule has 0 unspecified atom stereocenters. The van der Waals surface area contributed by atoms with Crippen molar-refractivity contribution in [3.05, 3.63) is 52.8 Å². The zero-order chi connectivity index (χ0) is 13.2. The first-order valence-electron chi connectivity index (χ1n) is 5.62. The maximum atomic E-state index is 12.8. The highest BCUT2D eigenvalue weighted by Crippen LogP contribution is 2.30.